The zero-order valence-electron chi connectivity index (χ0n) is 39.0. The number of phenols is 3. The van der Waals surface area contributed by atoms with Gasteiger partial charge in [-0.2, -0.15) is 0 Å². The second kappa shape index (κ2) is 19.9. The summed E-state index contributed by atoms with van der Waals surface area (Å²) < 4.78 is 3.40. The molecule has 0 saturated carbocycles. The van der Waals surface area contributed by atoms with Gasteiger partial charge in [0.15, 0.2) is 0 Å². The van der Waals surface area contributed by atoms with Crippen LogP contribution in [0.25, 0.3) is 0 Å². The molecular weight excluding hydrogens is 751 g/mol. The maximum atomic E-state index is 14.6. The summed E-state index contributed by atoms with van der Waals surface area (Å²) in [5.74, 6) is 0.631. The molecule has 4 rings (SSSR count). The molecule has 1 aromatic heterocycles. The first kappa shape index (κ1) is 48.1. The topological polar surface area (TPSA) is 127 Å². The normalized spacial score (nSPS) is 12.4. The molecule has 0 aliphatic carbocycles. The van der Waals surface area contributed by atoms with Crippen LogP contribution in [0.15, 0.2) is 50.8 Å². The van der Waals surface area contributed by atoms with E-state index in [0.717, 1.165) is 107 Å². The van der Waals surface area contributed by atoms with E-state index in [1.807, 2.05) is 39.0 Å². The van der Waals surface area contributed by atoms with Gasteiger partial charge in [-0.25, -0.2) is 28.1 Å². The number of hydrogen-bond acceptors (Lipinski definition) is 6. The molecule has 9 nitrogen and oxygen atoms in total. The van der Waals surface area contributed by atoms with Crippen LogP contribution >= 0.6 is 0 Å². The summed E-state index contributed by atoms with van der Waals surface area (Å²) in [5.41, 5.74) is 2.98. The van der Waals surface area contributed by atoms with Crippen LogP contribution in [0, 0.1) is 20.8 Å². The highest BCUT2D eigenvalue weighted by atomic mass is 16.3. The van der Waals surface area contributed by atoms with Crippen molar-refractivity contribution in [2.45, 2.75) is 196 Å². The van der Waals surface area contributed by atoms with Gasteiger partial charge in [0.2, 0.25) is 0 Å². The van der Waals surface area contributed by atoms with Gasteiger partial charge in [-0.05, 0) is 108 Å². The number of hydrogen-bond donors (Lipinski definition) is 3. The lowest BCUT2D eigenvalue weighted by Gasteiger charge is -2.28. The van der Waals surface area contributed by atoms with Gasteiger partial charge in [-0.3, -0.25) is 0 Å². The molecule has 0 fully saturated rings. The lowest BCUT2D eigenvalue weighted by Crippen LogP contribution is -2.54. The van der Waals surface area contributed by atoms with Gasteiger partial charge >= 0.3 is 17.1 Å². The first-order valence-corrected chi connectivity index (χ1v) is 22.5. The second-order valence-corrected chi connectivity index (χ2v) is 19.6. The minimum Gasteiger partial charge on any atom is -0.507 e. The number of phenolic OH excluding ortho intramolecular Hbond substituents is 3. The number of aromatic nitrogens is 3. The molecule has 0 spiro atoms. The predicted molar refractivity (Wildman–Crippen MR) is 247 cm³/mol. The summed E-state index contributed by atoms with van der Waals surface area (Å²) in [6.45, 7) is 24.3. The van der Waals surface area contributed by atoms with E-state index in [4.69, 9.17) is 0 Å². The molecule has 0 unspecified atom stereocenters. The number of unbranched alkanes of at least 4 members (excludes halogenated alkanes) is 6. The van der Waals surface area contributed by atoms with Crippen molar-refractivity contribution < 1.29 is 15.3 Å². The van der Waals surface area contributed by atoms with Crippen molar-refractivity contribution in [2.75, 3.05) is 0 Å². The van der Waals surface area contributed by atoms with Crippen molar-refractivity contribution in [3.05, 3.63) is 118 Å². The molecule has 4 aromatic rings. The average Bonchev–Trinajstić information content (AvgIpc) is 3.17. The van der Waals surface area contributed by atoms with E-state index >= 15 is 0 Å². The van der Waals surface area contributed by atoms with E-state index in [2.05, 4.69) is 62.3 Å². The Morgan fingerprint density at radius 2 is 0.650 bits per heavy atom. The van der Waals surface area contributed by atoms with Gasteiger partial charge in [0.25, 0.3) is 0 Å². The van der Waals surface area contributed by atoms with Crippen molar-refractivity contribution in [3.63, 3.8) is 0 Å². The van der Waals surface area contributed by atoms with Gasteiger partial charge in [-0.1, -0.05) is 138 Å². The summed E-state index contributed by atoms with van der Waals surface area (Å²) in [6.07, 6.45) is 12.1. The number of nitrogens with zero attached hydrogens (tertiary/aromatic N) is 3. The molecule has 3 aromatic carbocycles. The van der Waals surface area contributed by atoms with Crippen LogP contribution in [-0.4, -0.2) is 29.0 Å². The van der Waals surface area contributed by atoms with E-state index in [9.17, 15) is 29.7 Å². The number of aromatic hydroxyl groups is 3. The Hall–Kier alpha value is -4.53. The highest BCUT2D eigenvalue weighted by molar-refractivity contribution is 5.49. The Labute approximate surface area is 359 Å². The van der Waals surface area contributed by atoms with Crippen molar-refractivity contribution in [1.29, 1.82) is 0 Å². The fourth-order valence-corrected chi connectivity index (χ4v) is 8.88. The maximum Gasteiger partial charge on any atom is 0.336 e. The molecule has 60 heavy (non-hydrogen) atoms. The minimum atomic E-state index is -0.732. The largest absolute Gasteiger partial charge is 0.507 e. The number of benzene rings is 3. The van der Waals surface area contributed by atoms with E-state index in [-0.39, 0.29) is 53.1 Å². The van der Waals surface area contributed by atoms with Gasteiger partial charge < -0.3 is 15.3 Å². The van der Waals surface area contributed by atoms with Crippen LogP contribution in [0.5, 0.6) is 17.2 Å². The van der Waals surface area contributed by atoms with Crippen molar-refractivity contribution in [2.24, 2.45) is 0 Å². The minimum absolute atomic E-state index is 0.105. The third kappa shape index (κ3) is 11.0. The molecule has 9 heteroatoms. The first-order chi connectivity index (χ1) is 28.1. The van der Waals surface area contributed by atoms with Crippen molar-refractivity contribution >= 4 is 0 Å². The molecule has 0 aliphatic rings. The Balaban J connectivity index is 1.94. The molecular formula is C51H75N3O6. The van der Waals surface area contributed by atoms with E-state index in [0.29, 0.717) is 33.4 Å². The lowest BCUT2D eigenvalue weighted by molar-refractivity contribution is 0.405. The van der Waals surface area contributed by atoms with Crippen LogP contribution in [0.1, 0.15) is 189 Å². The first-order valence-electron chi connectivity index (χ1n) is 22.5. The lowest BCUT2D eigenvalue weighted by atomic mass is 9.78. The molecule has 0 amide bonds. The zero-order valence-corrected chi connectivity index (χ0v) is 39.0. The zero-order chi connectivity index (χ0) is 44.7. The van der Waals surface area contributed by atoms with E-state index in [1.165, 1.54) is 0 Å². The van der Waals surface area contributed by atoms with Crippen LogP contribution in [0.2, 0.25) is 0 Å². The Bertz CT molecular complexity index is 2020. The SMILES string of the molecule is CCCCCC(C)(C)c1cc(Cn2c(=O)n(Cc3cc(C)c(O)c(C(C)(C)CCCCC)c3)c(=O)n(Cc3cc(C)c(O)c(C(C)(C)CCCCC)c3)c2=O)cc(C)c1O. The quantitative estimate of drug-likeness (QED) is 0.0718. The van der Waals surface area contributed by atoms with E-state index < -0.39 is 17.1 Å². The molecule has 3 N–H and O–H groups in total. The van der Waals surface area contributed by atoms with Crippen molar-refractivity contribution in [3.8, 4) is 17.2 Å². The van der Waals surface area contributed by atoms with Gasteiger partial charge in [0.05, 0.1) is 19.6 Å². The molecule has 0 saturated heterocycles. The monoisotopic (exact) mass is 826 g/mol. The van der Waals surface area contributed by atoms with Crippen LogP contribution < -0.4 is 17.1 Å². The summed E-state index contributed by atoms with van der Waals surface area (Å²) in [4.78, 5) is 43.9. The summed E-state index contributed by atoms with van der Waals surface area (Å²) in [7, 11) is 0. The van der Waals surface area contributed by atoms with Crippen LogP contribution in [0.3, 0.4) is 0 Å². The molecule has 0 atom stereocenters. The average molecular weight is 826 g/mol. The number of rotatable bonds is 21. The van der Waals surface area contributed by atoms with E-state index in [1.54, 1.807) is 18.2 Å². The Morgan fingerprint density at radius 1 is 0.417 bits per heavy atom. The van der Waals surface area contributed by atoms with Crippen LogP contribution in [0.4, 0.5) is 0 Å². The van der Waals surface area contributed by atoms with Gasteiger partial charge in [-0.15, -0.1) is 0 Å². The molecule has 0 radical (unpaired) electrons. The molecule has 330 valence electrons. The molecule has 0 aliphatic heterocycles. The highest BCUT2D eigenvalue weighted by Gasteiger charge is 2.29. The summed E-state index contributed by atoms with van der Waals surface area (Å²) in [6, 6.07) is 11.1. The van der Waals surface area contributed by atoms with Gasteiger partial charge in [0.1, 0.15) is 17.2 Å². The van der Waals surface area contributed by atoms with Crippen molar-refractivity contribution in [1.82, 2.24) is 13.7 Å². The molecule has 1 heterocycles. The smallest absolute Gasteiger partial charge is 0.336 e. The Morgan fingerprint density at radius 3 is 0.867 bits per heavy atom. The standard InChI is InChI=1S/C51H75N3O6/c1-13-16-19-22-49(7,8)40-28-37(25-34(4)43(40)55)31-52-46(58)53(32-38-26-35(5)44(56)41(29-38)50(9,10)23-20-17-14-2)48(60)54(47(52)59)33-39-27-36(6)45(57)42(30-39)51(11,12)24-21-18-15-3/h25-30,55-57H,13-24,31-33H2,1-12H3. The number of aryl methyl sites for hydroxylation is 3. The third-order valence-electron chi connectivity index (χ3n) is 12.9. The maximum absolute atomic E-state index is 14.6. The predicted octanol–water partition coefficient (Wildman–Crippen LogP) is 10.9. The fraction of sp³-hybridized carbons (Fsp3) is 0.588. The second-order valence-electron chi connectivity index (χ2n) is 19.6. The highest BCUT2D eigenvalue weighted by Crippen LogP contribution is 2.40. The summed E-state index contributed by atoms with van der Waals surface area (Å²) >= 11 is 0. The van der Waals surface area contributed by atoms with Crippen LogP contribution in [-0.2, 0) is 35.9 Å². The summed E-state index contributed by atoms with van der Waals surface area (Å²) in [5, 5.41) is 33.9. The van der Waals surface area contributed by atoms with Gasteiger partial charge in [0, 0.05) is 16.7 Å². The molecule has 0 bridgehead atoms. The Kier molecular flexibility index (Phi) is 16.0. The fourth-order valence-electron chi connectivity index (χ4n) is 8.88. The third-order valence-corrected chi connectivity index (χ3v) is 12.9.